The van der Waals surface area contributed by atoms with Crippen LogP contribution >= 0.6 is 0 Å². The molecule has 1 aliphatic rings. The van der Waals surface area contributed by atoms with Crippen LogP contribution in [0.1, 0.15) is 33.3 Å². The summed E-state index contributed by atoms with van der Waals surface area (Å²) >= 11 is 0. The lowest BCUT2D eigenvalue weighted by molar-refractivity contribution is -0.434. The molecule has 1 heterocycles. The van der Waals surface area contributed by atoms with E-state index in [1.807, 2.05) is 0 Å². The molecule has 2 nitrogen and oxygen atoms in total. The fourth-order valence-electron chi connectivity index (χ4n) is 3.41. The smallest absolute Gasteiger partial charge is 0.210 e. The minimum Gasteiger partial charge on any atom is -0.497 e. The predicted molar refractivity (Wildman–Crippen MR) is 84.7 cm³/mol. The van der Waals surface area contributed by atoms with E-state index in [0.717, 1.165) is 12.3 Å². The topological polar surface area (TPSA) is 12.2 Å². The summed E-state index contributed by atoms with van der Waals surface area (Å²) in [6.45, 7) is 10.1. The van der Waals surface area contributed by atoms with E-state index < -0.39 is 0 Å². The molecule has 20 heavy (non-hydrogen) atoms. The van der Waals surface area contributed by atoms with Gasteiger partial charge < -0.3 is 4.74 Å². The Morgan fingerprint density at radius 2 is 1.90 bits per heavy atom. The highest BCUT2D eigenvalue weighted by Crippen LogP contribution is 2.44. The number of hydrogen-bond acceptors (Lipinski definition) is 1. The lowest BCUT2D eigenvalue weighted by atomic mass is 9.80. The molecule has 2 aromatic rings. The van der Waals surface area contributed by atoms with Crippen LogP contribution in [0.25, 0.3) is 10.8 Å². The van der Waals surface area contributed by atoms with Gasteiger partial charge >= 0.3 is 0 Å². The molecule has 2 heteroatoms. The number of ether oxygens (including phenoxy) is 1. The molecule has 2 aromatic carbocycles. The first kappa shape index (κ1) is 13.2. The van der Waals surface area contributed by atoms with Crippen LogP contribution in [0, 0.1) is 0 Å². The van der Waals surface area contributed by atoms with Gasteiger partial charge in [0.05, 0.1) is 12.5 Å². The van der Waals surface area contributed by atoms with Crippen LogP contribution in [-0.4, -0.2) is 23.9 Å². The van der Waals surface area contributed by atoms with Gasteiger partial charge in [-0.25, -0.2) is 0 Å². The molecule has 0 aliphatic carbocycles. The molecule has 1 aliphatic heterocycles. The van der Waals surface area contributed by atoms with Gasteiger partial charge in [0.15, 0.2) is 5.71 Å². The molecular formula is C18H22NO+. The normalized spacial score (nSPS) is 16.6. The van der Waals surface area contributed by atoms with Crippen molar-refractivity contribution >= 4 is 22.2 Å². The van der Waals surface area contributed by atoms with Crippen molar-refractivity contribution in [2.45, 2.75) is 33.1 Å². The number of fused-ring (bicyclic) bond motifs is 3. The van der Waals surface area contributed by atoms with Gasteiger partial charge in [0.1, 0.15) is 12.3 Å². The van der Waals surface area contributed by atoms with Crippen molar-refractivity contribution in [2.24, 2.45) is 0 Å². The molecule has 0 aromatic heterocycles. The van der Waals surface area contributed by atoms with Crippen molar-refractivity contribution in [3.8, 4) is 5.75 Å². The van der Waals surface area contributed by atoms with Crippen molar-refractivity contribution in [3.63, 3.8) is 0 Å². The van der Waals surface area contributed by atoms with E-state index in [2.05, 4.69) is 62.6 Å². The third-order valence-corrected chi connectivity index (χ3v) is 4.75. The van der Waals surface area contributed by atoms with E-state index in [4.69, 9.17) is 4.74 Å². The van der Waals surface area contributed by atoms with Gasteiger partial charge in [-0.05, 0) is 49.7 Å². The van der Waals surface area contributed by atoms with E-state index in [-0.39, 0.29) is 5.41 Å². The zero-order valence-electron chi connectivity index (χ0n) is 12.9. The van der Waals surface area contributed by atoms with E-state index in [9.17, 15) is 0 Å². The molecule has 0 fully saturated rings. The first-order valence-corrected chi connectivity index (χ1v) is 7.23. The number of methoxy groups -OCH3 is 1. The third-order valence-electron chi connectivity index (χ3n) is 4.75. The SMILES string of the molecule is CC[N+]1=C(C)C(C)(C)c2c1ccc1cc(OC)ccc21. The summed E-state index contributed by atoms with van der Waals surface area (Å²) in [6, 6.07) is 10.8. The molecule has 104 valence electrons. The Labute approximate surface area is 120 Å². The van der Waals surface area contributed by atoms with Crippen molar-refractivity contribution in [2.75, 3.05) is 13.7 Å². The van der Waals surface area contributed by atoms with Crippen LogP contribution in [0.15, 0.2) is 30.3 Å². The summed E-state index contributed by atoms with van der Waals surface area (Å²) in [5, 5.41) is 2.59. The molecule has 0 spiro atoms. The lowest BCUT2D eigenvalue weighted by Gasteiger charge is -2.17. The number of hydrogen-bond donors (Lipinski definition) is 0. The zero-order valence-corrected chi connectivity index (χ0v) is 12.9. The highest BCUT2D eigenvalue weighted by atomic mass is 16.5. The van der Waals surface area contributed by atoms with Crippen LogP contribution in [0.4, 0.5) is 5.69 Å². The van der Waals surface area contributed by atoms with Crippen molar-refractivity contribution < 1.29 is 9.31 Å². The molecular weight excluding hydrogens is 246 g/mol. The third kappa shape index (κ3) is 1.60. The van der Waals surface area contributed by atoms with Gasteiger partial charge in [-0.3, -0.25) is 0 Å². The predicted octanol–water partition coefficient (Wildman–Crippen LogP) is 4.26. The van der Waals surface area contributed by atoms with E-state index in [1.54, 1.807) is 7.11 Å². The Hall–Kier alpha value is -1.83. The first-order chi connectivity index (χ1) is 9.50. The minimum absolute atomic E-state index is 0.0828. The van der Waals surface area contributed by atoms with Gasteiger partial charge in [-0.15, -0.1) is 0 Å². The molecule has 0 radical (unpaired) electrons. The van der Waals surface area contributed by atoms with Crippen molar-refractivity contribution in [1.82, 2.24) is 0 Å². The Morgan fingerprint density at radius 3 is 2.55 bits per heavy atom. The van der Waals surface area contributed by atoms with Crippen LogP contribution in [0.2, 0.25) is 0 Å². The fourth-order valence-corrected chi connectivity index (χ4v) is 3.41. The number of rotatable bonds is 2. The lowest BCUT2D eigenvalue weighted by Crippen LogP contribution is -2.26. The Balaban J connectivity index is 2.35. The second-order valence-electron chi connectivity index (χ2n) is 6.00. The van der Waals surface area contributed by atoms with E-state index in [0.29, 0.717) is 0 Å². The maximum atomic E-state index is 5.34. The van der Waals surface area contributed by atoms with Gasteiger partial charge in [0.2, 0.25) is 5.69 Å². The number of benzene rings is 2. The molecule has 0 atom stereocenters. The zero-order chi connectivity index (χ0) is 14.5. The van der Waals surface area contributed by atoms with Crippen LogP contribution in [0.3, 0.4) is 0 Å². The fraction of sp³-hybridized carbons (Fsp3) is 0.389. The monoisotopic (exact) mass is 268 g/mol. The van der Waals surface area contributed by atoms with Gasteiger partial charge in [0, 0.05) is 18.6 Å². The van der Waals surface area contributed by atoms with Crippen LogP contribution in [0.5, 0.6) is 5.75 Å². The highest BCUT2D eigenvalue weighted by molar-refractivity contribution is 6.01. The van der Waals surface area contributed by atoms with Gasteiger partial charge in [-0.1, -0.05) is 6.07 Å². The number of nitrogens with zero attached hydrogens (tertiary/aromatic N) is 1. The largest absolute Gasteiger partial charge is 0.497 e. The maximum Gasteiger partial charge on any atom is 0.210 e. The van der Waals surface area contributed by atoms with Crippen LogP contribution in [-0.2, 0) is 5.41 Å². The average molecular weight is 268 g/mol. The van der Waals surface area contributed by atoms with Crippen molar-refractivity contribution in [3.05, 3.63) is 35.9 Å². The minimum atomic E-state index is 0.0828. The Morgan fingerprint density at radius 1 is 1.15 bits per heavy atom. The molecule has 0 unspecified atom stereocenters. The quantitative estimate of drug-likeness (QED) is 0.741. The second kappa shape index (κ2) is 4.34. The maximum absolute atomic E-state index is 5.34. The summed E-state index contributed by atoms with van der Waals surface area (Å²) in [5.74, 6) is 0.918. The molecule has 0 bridgehead atoms. The Kier molecular flexibility index (Phi) is 2.86. The highest BCUT2D eigenvalue weighted by Gasteiger charge is 2.43. The second-order valence-corrected chi connectivity index (χ2v) is 6.00. The molecule has 3 rings (SSSR count). The van der Waals surface area contributed by atoms with Crippen LogP contribution < -0.4 is 4.74 Å². The summed E-state index contributed by atoms with van der Waals surface area (Å²) in [4.78, 5) is 0. The van der Waals surface area contributed by atoms with E-state index in [1.165, 1.54) is 27.7 Å². The first-order valence-electron chi connectivity index (χ1n) is 7.23. The van der Waals surface area contributed by atoms with Gasteiger partial charge in [-0.2, -0.15) is 4.58 Å². The molecule has 0 saturated heterocycles. The summed E-state index contributed by atoms with van der Waals surface area (Å²) in [5.41, 5.74) is 4.31. The van der Waals surface area contributed by atoms with Crippen molar-refractivity contribution in [1.29, 1.82) is 0 Å². The van der Waals surface area contributed by atoms with E-state index >= 15 is 0 Å². The molecule has 0 amide bonds. The summed E-state index contributed by atoms with van der Waals surface area (Å²) < 4.78 is 7.77. The summed E-state index contributed by atoms with van der Waals surface area (Å²) in [7, 11) is 1.72. The molecule has 0 N–H and O–H groups in total. The van der Waals surface area contributed by atoms with Gasteiger partial charge in [0.25, 0.3) is 0 Å². The Bertz CT molecular complexity index is 726. The average Bonchev–Trinajstić information content (AvgIpc) is 2.65. The standard InChI is InChI=1S/C18H22NO/c1-6-19-12(2)18(3,4)17-15-9-8-14(20-5)11-13(15)7-10-16(17)19/h7-11H,6H2,1-5H3/q+1. The summed E-state index contributed by atoms with van der Waals surface area (Å²) in [6.07, 6.45) is 0. The molecule has 0 saturated carbocycles.